The van der Waals surface area contributed by atoms with Crippen LogP contribution in [0.4, 0.5) is 5.00 Å². The number of ether oxygens (including phenoxy) is 1. The van der Waals surface area contributed by atoms with Gasteiger partial charge in [-0.05, 0) is 42.5 Å². The van der Waals surface area contributed by atoms with E-state index < -0.39 is 0 Å². The lowest BCUT2D eigenvalue weighted by Crippen LogP contribution is -2.38. The minimum absolute atomic E-state index is 0.0453. The molecule has 2 heterocycles. The molecule has 1 aliphatic heterocycles. The van der Waals surface area contributed by atoms with Crippen LogP contribution in [0.15, 0.2) is 24.3 Å². The van der Waals surface area contributed by atoms with Crippen molar-refractivity contribution in [3.05, 3.63) is 45.8 Å². The molecule has 0 fully saturated rings. The van der Waals surface area contributed by atoms with Gasteiger partial charge >= 0.3 is 0 Å². The average molecular weight is 300 g/mol. The van der Waals surface area contributed by atoms with Crippen molar-refractivity contribution in [2.24, 2.45) is 0 Å². The Bertz CT molecular complexity index is 706. The first-order valence-electron chi connectivity index (χ1n) is 7.12. The Morgan fingerprint density at radius 3 is 2.76 bits per heavy atom. The van der Waals surface area contributed by atoms with Gasteiger partial charge in [0.2, 0.25) is 0 Å². The molecule has 4 nitrogen and oxygen atoms in total. The number of hydrogen-bond donors (Lipinski definition) is 2. The summed E-state index contributed by atoms with van der Waals surface area (Å²) in [6.07, 6.45) is 3.14. The summed E-state index contributed by atoms with van der Waals surface area (Å²) in [6, 6.07) is 7.77. The number of methoxy groups -OCH3 is 1. The van der Waals surface area contributed by atoms with Gasteiger partial charge in [0.05, 0.1) is 12.7 Å². The van der Waals surface area contributed by atoms with E-state index >= 15 is 0 Å². The van der Waals surface area contributed by atoms with Gasteiger partial charge in [-0.2, -0.15) is 0 Å². The number of aryl methyl sites for hydroxylation is 1. The van der Waals surface area contributed by atoms with Gasteiger partial charge in [0.1, 0.15) is 16.9 Å². The summed E-state index contributed by atoms with van der Waals surface area (Å²) < 4.78 is 5.17. The number of benzene rings is 1. The van der Waals surface area contributed by atoms with Crippen LogP contribution in [0, 0.1) is 0 Å². The lowest BCUT2D eigenvalue weighted by molar-refractivity contribution is 0.0935. The van der Waals surface area contributed by atoms with Crippen LogP contribution in [-0.2, 0) is 12.8 Å². The maximum absolute atomic E-state index is 12.4. The fourth-order valence-electron chi connectivity index (χ4n) is 3.08. The van der Waals surface area contributed by atoms with E-state index in [1.807, 2.05) is 24.3 Å². The second-order valence-electron chi connectivity index (χ2n) is 5.39. The molecule has 1 aromatic heterocycles. The first-order chi connectivity index (χ1) is 10.3. The van der Waals surface area contributed by atoms with Crippen molar-refractivity contribution in [3.8, 4) is 5.75 Å². The van der Waals surface area contributed by atoms with Gasteiger partial charge in [-0.25, -0.2) is 0 Å². The maximum Gasteiger partial charge on any atom is 0.256 e. The molecule has 4 rings (SSSR count). The highest BCUT2D eigenvalue weighted by molar-refractivity contribution is 7.16. The fraction of sp³-hybridized carbons (Fsp3) is 0.312. The molecule has 1 aromatic carbocycles. The van der Waals surface area contributed by atoms with Crippen LogP contribution in [0.25, 0.3) is 0 Å². The van der Waals surface area contributed by atoms with Crippen molar-refractivity contribution in [3.63, 3.8) is 0 Å². The Labute approximate surface area is 127 Å². The van der Waals surface area contributed by atoms with E-state index in [1.54, 1.807) is 18.4 Å². The number of hydrogen-bond acceptors (Lipinski definition) is 4. The van der Waals surface area contributed by atoms with E-state index in [1.165, 1.54) is 16.9 Å². The predicted molar refractivity (Wildman–Crippen MR) is 83.2 cm³/mol. The molecule has 1 unspecified atom stereocenters. The lowest BCUT2D eigenvalue weighted by atomic mass is 10.1. The molecule has 0 radical (unpaired) electrons. The van der Waals surface area contributed by atoms with Gasteiger partial charge in [0, 0.05) is 4.88 Å². The fourth-order valence-corrected chi connectivity index (χ4v) is 4.39. The van der Waals surface area contributed by atoms with Crippen LogP contribution in [-0.4, -0.2) is 13.0 Å². The summed E-state index contributed by atoms with van der Waals surface area (Å²) in [6.45, 7) is 0. The molecule has 1 amide bonds. The van der Waals surface area contributed by atoms with Gasteiger partial charge in [-0.15, -0.1) is 11.3 Å². The SMILES string of the molecule is COc1ccc(C2NC(=O)c3c(sc4c3CCC4)N2)cc1. The van der Waals surface area contributed by atoms with E-state index in [0.717, 1.165) is 34.7 Å². The molecule has 1 atom stereocenters. The number of anilines is 1. The van der Waals surface area contributed by atoms with Crippen molar-refractivity contribution >= 4 is 22.2 Å². The molecule has 0 bridgehead atoms. The molecule has 21 heavy (non-hydrogen) atoms. The quantitative estimate of drug-likeness (QED) is 0.896. The first kappa shape index (κ1) is 12.7. The highest BCUT2D eigenvalue weighted by Gasteiger charge is 2.32. The minimum atomic E-state index is -0.172. The zero-order valence-electron chi connectivity index (χ0n) is 11.7. The zero-order valence-corrected chi connectivity index (χ0v) is 12.5. The van der Waals surface area contributed by atoms with E-state index in [4.69, 9.17) is 4.74 Å². The van der Waals surface area contributed by atoms with E-state index in [2.05, 4.69) is 10.6 Å². The molecule has 2 aliphatic rings. The number of thiophene rings is 1. The predicted octanol–water partition coefficient (Wildman–Crippen LogP) is 3.10. The third-order valence-corrected chi connectivity index (χ3v) is 5.37. The summed E-state index contributed by atoms with van der Waals surface area (Å²) in [5.74, 6) is 0.862. The number of fused-ring (bicyclic) bond motifs is 3. The zero-order chi connectivity index (χ0) is 14.4. The van der Waals surface area contributed by atoms with Crippen LogP contribution in [0.1, 0.15) is 38.9 Å². The molecule has 0 saturated carbocycles. The third kappa shape index (κ3) is 2.00. The molecule has 0 spiro atoms. The Hall–Kier alpha value is -2.01. The summed E-state index contributed by atoms with van der Waals surface area (Å²) in [5, 5.41) is 7.53. The van der Waals surface area contributed by atoms with Crippen molar-refractivity contribution in [1.82, 2.24) is 5.32 Å². The Morgan fingerprint density at radius 2 is 2.00 bits per heavy atom. The molecular weight excluding hydrogens is 284 g/mol. The lowest BCUT2D eigenvalue weighted by Gasteiger charge is -2.26. The van der Waals surface area contributed by atoms with E-state index in [-0.39, 0.29) is 12.1 Å². The molecular formula is C16H16N2O2S. The Morgan fingerprint density at radius 1 is 1.19 bits per heavy atom. The van der Waals surface area contributed by atoms with Crippen molar-refractivity contribution in [2.45, 2.75) is 25.4 Å². The van der Waals surface area contributed by atoms with Gasteiger partial charge in [0.25, 0.3) is 5.91 Å². The van der Waals surface area contributed by atoms with E-state index in [9.17, 15) is 4.79 Å². The number of amides is 1. The topological polar surface area (TPSA) is 50.4 Å². The van der Waals surface area contributed by atoms with Crippen LogP contribution < -0.4 is 15.4 Å². The van der Waals surface area contributed by atoms with Crippen LogP contribution in [0.3, 0.4) is 0 Å². The highest BCUT2D eigenvalue weighted by atomic mass is 32.1. The third-order valence-electron chi connectivity index (χ3n) is 4.15. The summed E-state index contributed by atoms with van der Waals surface area (Å²) in [7, 11) is 1.65. The van der Waals surface area contributed by atoms with Crippen molar-refractivity contribution in [1.29, 1.82) is 0 Å². The maximum atomic E-state index is 12.4. The molecule has 108 valence electrons. The number of carbonyl (C=O) groups excluding carboxylic acids is 1. The molecule has 0 saturated heterocycles. The number of rotatable bonds is 2. The molecule has 2 N–H and O–H groups in total. The van der Waals surface area contributed by atoms with Gasteiger partial charge in [-0.1, -0.05) is 12.1 Å². The summed E-state index contributed by atoms with van der Waals surface area (Å²) in [4.78, 5) is 13.8. The summed E-state index contributed by atoms with van der Waals surface area (Å²) in [5.41, 5.74) is 3.16. The van der Waals surface area contributed by atoms with E-state index in [0.29, 0.717) is 0 Å². The Balaban J connectivity index is 1.66. The second kappa shape index (κ2) is 4.77. The van der Waals surface area contributed by atoms with Crippen LogP contribution >= 0.6 is 11.3 Å². The minimum Gasteiger partial charge on any atom is -0.497 e. The highest BCUT2D eigenvalue weighted by Crippen LogP contribution is 2.42. The summed E-state index contributed by atoms with van der Waals surface area (Å²) >= 11 is 1.74. The largest absolute Gasteiger partial charge is 0.497 e. The van der Waals surface area contributed by atoms with Crippen LogP contribution in [0.5, 0.6) is 5.75 Å². The van der Waals surface area contributed by atoms with Gasteiger partial charge in [-0.3, -0.25) is 4.79 Å². The molecule has 1 aliphatic carbocycles. The van der Waals surface area contributed by atoms with Crippen LogP contribution in [0.2, 0.25) is 0 Å². The van der Waals surface area contributed by atoms with Gasteiger partial charge in [0.15, 0.2) is 0 Å². The standard InChI is InChI=1S/C16H16N2O2S/c1-20-10-7-5-9(6-8-10)14-17-15(19)13-11-3-2-4-12(11)21-16(13)18-14/h5-8,14,18H,2-4H2,1H3,(H,17,19). The van der Waals surface area contributed by atoms with Crippen molar-refractivity contribution < 1.29 is 9.53 Å². The average Bonchev–Trinajstić information content (AvgIpc) is 3.07. The molecule has 5 heteroatoms. The molecule has 2 aromatic rings. The van der Waals surface area contributed by atoms with Crippen molar-refractivity contribution in [2.75, 3.05) is 12.4 Å². The normalized spacial score (nSPS) is 19.5. The monoisotopic (exact) mass is 300 g/mol. The van der Waals surface area contributed by atoms with Gasteiger partial charge < -0.3 is 15.4 Å². The number of nitrogens with one attached hydrogen (secondary N) is 2. The smallest absolute Gasteiger partial charge is 0.256 e. The first-order valence-corrected chi connectivity index (χ1v) is 7.94. The Kier molecular flexibility index (Phi) is 2.89. The number of carbonyl (C=O) groups is 1. The second-order valence-corrected chi connectivity index (χ2v) is 6.49.